The van der Waals surface area contributed by atoms with Crippen LogP contribution in [0.4, 0.5) is 5.13 Å². The summed E-state index contributed by atoms with van der Waals surface area (Å²) in [6.07, 6.45) is 7.22. The van der Waals surface area contributed by atoms with Crippen molar-refractivity contribution in [3.8, 4) is 0 Å². The fourth-order valence-electron chi connectivity index (χ4n) is 4.43. The van der Waals surface area contributed by atoms with Crippen LogP contribution in [0.3, 0.4) is 0 Å². The fourth-order valence-corrected chi connectivity index (χ4v) is 6.39. The Morgan fingerprint density at radius 1 is 1.14 bits per heavy atom. The van der Waals surface area contributed by atoms with Gasteiger partial charge in [0.2, 0.25) is 5.91 Å². The van der Waals surface area contributed by atoms with E-state index in [0.717, 1.165) is 29.4 Å². The van der Waals surface area contributed by atoms with E-state index in [0.29, 0.717) is 42.1 Å². The molecule has 1 fully saturated rings. The maximum Gasteiger partial charge on any atom is 0.263 e. The molecule has 11 heteroatoms. The number of rotatable bonds is 7. The predicted molar refractivity (Wildman–Crippen MR) is 137 cm³/mol. The number of halogens is 1. The van der Waals surface area contributed by atoms with Crippen LogP contribution in [0.25, 0.3) is 11.0 Å². The van der Waals surface area contributed by atoms with Gasteiger partial charge in [0.15, 0.2) is 5.13 Å². The zero-order valence-electron chi connectivity index (χ0n) is 18.8. The average molecular weight is 530 g/mol. The molecule has 4 heterocycles. The Bertz CT molecular complexity index is 1430. The minimum atomic E-state index is -3.66. The molecule has 0 spiro atoms. The van der Waals surface area contributed by atoms with Crippen molar-refractivity contribution in [1.82, 2.24) is 19.4 Å². The third-order valence-corrected chi connectivity index (χ3v) is 8.68. The Labute approximate surface area is 212 Å². The number of aromatic nitrogens is 3. The van der Waals surface area contributed by atoms with Gasteiger partial charge in [-0.3, -0.25) is 9.52 Å². The molecule has 8 nitrogen and oxygen atoms in total. The van der Waals surface area contributed by atoms with E-state index >= 15 is 0 Å². The Balaban J connectivity index is 1.14. The topological polar surface area (TPSA) is 97.2 Å². The summed E-state index contributed by atoms with van der Waals surface area (Å²) in [5.74, 6) is 0.430. The molecule has 0 saturated carbocycles. The SMILES string of the molecule is O=C(CCn1ccc2cc(Cl)cnc21)N1CCC(c2ccc(S(=O)(=O)Nc3nccs3)cc2)CC1. The van der Waals surface area contributed by atoms with Gasteiger partial charge >= 0.3 is 0 Å². The zero-order chi connectivity index (χ0) is 24.4. The first-order chi connectivity index (χ1) is 16.9. The number of thiazole rings is 1. The van der Waals surface area contributed by atoms with Crippen molar-refractivity contribution in [2.24, 2.45) is 0 Å². The summed E-state index contributed by atoms with van der Waals surface area (Å²) < 4.78 is 29.5. The highest BCUT2D eigenvalue weighted by Crippen LogP contribution is 2.29. The maximum atomic E-state index is 12.8. The van der Waals surface area contributed by atoms with E-state index in [1.54, 1.807) is 29.9 Å². The highest BCUT2D eigenvalue weighted by Gasteiger charge is 2.24. The molecule has 0 atom stereocenters. The zero-order valence-corrected chi connectivity index (χ0v) is 21.2. The molecule has 1 amide bonds. The molecule has 0 radical (unpaired) electrons. The highest BCUT2D eigenvalue weighted by atomic mass is 35.5. The first-order valence-corrected chi connectivity index (χ1v) is 14.0. The van der Waals surface area contributed by atoms with Crippen molar-refractivity contribution in [1.29, 1.82) is 0 Å². The van der Waals surface area contributed by atoms with Crippen LogP contribution < -0.4 is 4.72 Å². The molecule has 35 heavy (non-hydrogen) atoms. The number of carbonyl (C=O) groups is 1. The summed E-state index contributed by atoms with van der Waals surface area (Å²) in [5, 5.41) is 3.62. The number of sulfonamides is 1. The lowest BCUT2D eigenvalue weighted by Gasteiger charge is -2.32. The minimum Gasteiger partial charge on any atom is -0.343 e. The molecule has 0 bridgehead atoms. The second-order valence-corrected chi connectivity index (χ2v) is 11.5. The largest absolute Gasteiger partial charge is 0.343 e. The average Bonchev–Trinajstić information content (AvgIpc) is 3.52. The predicted octanol–water partition coefficient (Wildman–Crippen LogP) is 4.74. The Morgan fingerprint density at radius 3 is 2.63 bits per heavy atom. The summed E-state index contributed by atoms with van der Waals surface area (Å²) in [4.78, 5) is 23.3. The first kappa shape index (κ1) is 23.8. The minimum absolute atomic E-state index is 0.133. The third-order valence-electron chi connectivity index (χ3n) is 6.30. The van der Waals surface area contributed by atoms with Crippen molar-refractivity contribution in [3.63, 3.8) is 0 Å². The molecule has 1 aliphatic rings. The number of hydrogen-bond acceptors (Lipinski definition) is 6. The number of aryl methyl sites for hydroxylation is 1. The van der Waals surface area contributed by atoms with Gasteiger partial charge in [-0.1, -0.05) is 23.7 Å². The van der Waals surface area contributed by atoms with Crippen LogP contribution in [0.1, 0.15) is 30.7 Å². The Kier molecular flexibility index (Phi) is 6.77. The molecule has 0 unspecified atom stereocenters. The van der Waals surface area contributed by atoms with Crippen molar-refractivity contribution >= 4 is 55.0 Å². The molecular weight excluding hydrogens is 506 g/mol. The van der Waals surface area contributed by atoms with Gasteiger partial charge in [0, 0.05) is 55.4 Å². The molecule has 1 saturated heterocycles. The Morgan fingerprint density at radius 2 is 1.91 bits per heavy atom. The lowest BCUT2D eigenvalue weighted by Crippen LogP contribution is -2.38. The number of anilines is 1. The Hall–Kier alpha value is -2.95. The normalized spacial score (nSPS) is 14.9. The molecule has 182 valence electrons. The summed E-state index contributed by atoms with van der Waals surface area (Å²) in [6.45, 7) is 1.95. The molecule has 1 N–H and O–H groups in total. The van der Waals surface area contributed by atoms with Gasteiger partial charge < -0.3 is 9.47 Å². The summed E-state index contributed by atoms with van der Waals surface area (Å²) in [7, 11) is -3.66. The number of carbonyl (C=O) groups excluding carboxylic acids is 1. The number of nitrogens with zero attached hydrogens (tertiary/aromatic N) is 4. The number of likely N-dealkylation sites (tertiary alicyclic amines) is 1. The van der Waals surface area contributed by atoms with Gasteiger partial charge in [0.25, 0.3) is 10.0 Å². The van der Waals surface area contributed by atoms with E-state index < -0.39 is 10.0 Å². The van der Waals surface area contributed by atoms with Gasteiger partial charge in [-0.05, 0) is 48.6 Å². The smallest absolute Gasteiger partial charge is 0.263 e. The van der Waals surface area contributed by atoms with Crippen LogP contribution in [0.2, 0.25) is 5.02 Å². The lowest BCUT2D eigenvalue weighted by molar-refractivity contribution is -0.132. The lowest BCUT2D eigenvalue weighted by atomic mass is 9.89. The van der Waals surface area contributed by atoms with Crippen molar-refractivity contribution in [2.75, 3.05) is 17.8 Å². The highest BCUT2D eigenvalue weighted by molar-refractivity contribution is 7.93. The van der Waals surface area contributed by atoms with Crippen LogP contribution in [-0.2, 0) is 21.4 Å². The van der Waals surface area contributed by atoms with E-state index in [2.05, 4.69) is 14.7 Å². The standard InChI is InChI=1S/C24H24ClN5O3S2/c25-20-15-19-7-12-30(23(19)27-16-20)13-8-22(31)29-10-5-18(6-11-29)17-1-3-21(4-2-17)35(32,33)28-24-26-9-14-34-24/h1-4,7,9,12,14-16,18H,5-6,8,10-11,13H2,(H,26,28). The molecule has 1 aliphatic heterocycles. The molecule has 4 aromatic rings. The van der Waals surface area contributed by atoms with Gasteiger partial charge in [-0.2, -0.15) is 0 Å². The van der Waals surface area contributed by atoms with Gasteiger partial charge in [0.05, 0.1) is 9.92 Å². The molecular formula is C24H24ClN5O3S2. The van der Waals surface area contributed by atoms with E-state index in [1.807, 2.05) is 39.9 Å². The first-order valence-electron chi connectivity index (χ1n) is 11.3. The number of nitrogens with one attached hydrogen (secondary N) is 1. The molecule has 3 aromatic heterocycles. The van der Waals surface area contributed by atoms with Crippen LogP contribution in [-0.4, -0.2) is 46.8 Å². The second kappa shape index (κ2) is 9.96. The second-order valence-electron chi connectivity index (χ2n) is 8.49. The van der Waals surface area contributed by atoms with E-state index in [9.17, 15) is 13.2 Å². The number of amides is 1. The van der Waals surface area contributed by atoms with Crippen LogP contribution in [0.5, 0.6) is 0 Å². The van der Waals surface area contributed by atoms with E-state index in [4.69, 9.17) is 11.6 Å². The van der Waals surface area contributed by atoms with Crippen LogP contribution in [0, 0.1) is 0 Å². The van der Waals surface area contributed by atoms with E-state index in [-0.39, 0.29) is 10.8 Å². The fraction of sp³-hybridized carbons (Fsp3) is 0.292. The number of piperidine rings is 1. The van der Waals surface area contributed by atoms with Crippen molar-refractivity contribution < 1.29 is 13.2 Å². The summed E-state index contributed by atoms with van der Waals surface area (Å²) >= 11 is 7.24. The van der Waals surface area contributed by atoms with Crippen LogP contribution >= 0.6 is 22.9 Å². The summed E-state index contributed by atoms with van der Waals surface area (Å²) in [5.41, 5.74) is 1.92. The van der Waals surface area contributed by atoms with Gasteiger partial charge in [-0.15, -0.1) is 11.3 Å². The molecule has 1 aromatic carbocycles. The number of hydrogen-bond donors (Lipinski definition) is 1. The molecule has 0 aliphatic carbocycles. The van der Waals surface area contributed by atoms with Crippen molar-refractivity contribution in [2.45, 2.75) is 36.6 Å². The summed E-state index contributed by atoms with van der Waals surface area (Å²) in [6, 6.07) is 10.8. The monoisotopic (exact) mass is 529 g/mol. The van der Waals surface area contributed by atoms with Crippen LogP contribution in [0.15, 0.2) is 65.3 Å². The number of benzene rings is 1. The van der Waals surface area contributed by atoms with Crippen molar-refractivity contribution in [3.05, 3.63) is 71.0 Å². The van der Waals surface area contributed by atoms with Gasteiger partial charge in [-0.25, -0.2) is 18.4 Å². The third kappa shape index (κ3) is 5.34. The molecule has 5 rings (SSSR count). The number of pyridine rings is 1. The van der Waals surface area contributed by atoms with Gasteiger partial charge in [0.1, 0.15) is 5.65 Å². The maximum absolute atomic E-state index is 12.8. The number of fused-ring (bicyclic) bond motifs is 1. The van der Waals surface area contributed by atoms with E-state index in [1.165, 1.54) is 11.3 Å². The quantitative estimate of drug-likeness (QED) is 0.373.